The van der Waals surface area contributed by atoms with Crippen molar-refractivity contribution in [3.63, 3.8) is 0 Å². The summed E-state index contributed by atoms with van der Waals surface area (Å²) in [6, 6.07) is 1.77. The second-order valence-corrected chi connectivity index (χ2v) is 4.83. The fourth-order valence-corrected chi connectivity index (χ4v) is 2.31. The van der Waals surface area contributed by atoms with E-state index in [0.29, 0.717) is 5.56 Å². The lowest BCUT2D eigenvalue weighted by Crippen LogP contribution is -2.05. The Hall–Kier alpha value is -1.25. The third-order valence-electron chi connectivity index (χ3n) is 3.50. The molecule has 0 aromatic carbocycles. The van der Waals surface area contributed by atoms with Crippen LogP contribution in [0.1, 0.15) is 47.4 Å². The normalized spacial score (nSPS) is 15.4. The maximum atomic E-state index is 11.0. The van der Waals surface area contributed by atoms with Crippen molar-refractivity contribution in [3.8, 4) is 0 Å². The Kier molecular flexibility index (Phi) is 3.03. The molecular weight excluding hydrogens is 202 g/mol. The zero-order valence-corrected chi connectivity index (χ0v) is 9.99. The van der Waals surface area contributed by atoms with Gasteiger partial charge in [-0.2, -0.15) is 0 Å². The molecule has 1 saturated carbocycles. The van der Waals surface area contributed by atoms with E-state index >= 15 is 0 Å². The number of rotatable bonds is 5. The number of hydrogen-bond donors (Lipinski definition) is 1. The van der Waals surface area contributed by atoms with Crippen LogP contribution in [0.4, 0.5) is 0 Å². The molecule has 3 heteroatoms. The highest BCUT2D eigenvalue weighted by Gasteiger charge is 2.21. The van der Waals surface area contributed by atoms with Crippen LogP contribution >= 0.6 is 0 Å². The minimum Gasteiger partial charge on any atom is -0.478 e. The summed E-state index contributed by atoms with van der Waals surface area (Å²) in [6.07, 6.45) is 5.24. The van der Waals surface area contributed by atoms with Gasteiger partial charge in [-0.05, 0) is 38.7 Å². The molecule has 16 heavy (non-hydrogen) atoms. The molecule has 0 amide bonds. The Balaban J connectivity index is 2.03. The van der Waals surface area contributed by atoms with Crippen LogP contribution in [0.3, 0.4) is 0 Å². The molecule has 0 saturated heterocycles. The molecule has 0 radical (unpaired) electrons. The number of aryl methyl sites for hydroxylation is 1. The lowest BCUT2D eigenvalue weighted by Gasteiger charge is -2.08. The van der Waals surface area contributed by atoms with Gasteiger partial charge in [-0.25, -0.2) is 4.79 Å². The smallest absolute Gasteiger partial charge is 0.337 e. The monoisotopic (exact) mass is 221 g/mol. The van der Waals surface area contributed by atoms with Crippen molar-refractivity contribution in [2.45, 2.75) is 46.1 Å². The van der Waals surface area contributed by atoms with E-state index in [0.717, 1.165) is 23.9 Å². The predicted molar refractivity (Wildman–Crippen MR) is 62.8 cm³/mol. The third-order valence-corrected chi connectivity index (χ3v) is 3.50. The van der Waals surface area contributed by atoms with Crippen LogP contribution in [0, 0.1) is 19.8 Å². The van der Waals surface area contributed by atoms with Gasteiger partial charge in [0.25, 0.3) is 0 Å². The largest absolute Gasteiger partial charge is 0.478 e. The second kappa shape index (κ2) is 4.32. The maximum Gasteiger partial charge on any atom is 0.337 e. The summed E-state index contributed by atoms with van der Waals surface area (Å²) in [4.78, 5) is 11.0. The summed E-state index contributed by atoms with van der Waals surface area (Å²) >= 11 is 0. The van der Waals surface area contributed by atoms with Gasteiger partial charge in [0.1, 0.15) is 0 Å². The van der Waals surface area contributed by atoms with Crippen molar-refractivity contribution in [1.82, 2.24) is 4.57 Å². The lowest BCUT2D eigenvalue weighted by atomic mass is 10.2. The molecule has 1 aliphatic rings. The first-order valence-electron chi connectivity index (χ1n) is 5.99. The van der Waals surface area contributed by atoms with E-state index in [-0.39, 0.29) is 0 Å². The van der Waals surface area contributed by atoms with Gasteiger partial charge in [0.2, 0.25) is 0 Å². The number of carbonyl (C=O) groups is 1. The average molecular weight is 221 g/mol. The van der Waals surface area contributed by atoms with Crippen LogP contribution in [0.5, 0.6) is 0 Å². The zero-order chi connectivity index (χ0) is 11.7. The van der Waals surface area contributed by atoms with Crippen molar-refractivity contribution < 1.29 is 9.90 Å². The lowest BCUT2D eigenvalue weighted by molar-refractivity contribution is 0.0696. The molecule has 1 aliphatic carbocycles. The maximum absolute atomic E-state index is 11.0. The van der Waals surface area contributed by atoms with E-state index < -0.39 is 5.97 Å². The number of hydrogen-bond acceptors (Lipinski definition) is 1. The van der Waals surface area contributed by atoms with E-state index in [9.17, 15) is 4.79 Å². The van der Waals surface area contributed by atoms with E-state index in [2.05, 4.69) is 4.57 Å². The van der Waals surface area contributed by atoms with Crippen LogP contribution < -0.4 is 0 Å². The molecule has 0 atom stereocenters. The second-order valence-electron chi connectivity index (χ2n) is 4.83. The zero-order valence-electron chi connectivity index (χ0n) is 9.99. The van der Waals surface area contributed by atoms with Crippen molar-refractivity contribution in [3.05, 3.63) is 23.0 Å². The average Bonchev–Trinajstić information content (AvgIpc) is 2.98. The molecule has 88 valence electrons. The van der Waals surface area contributed by atoms with Crippen molar-refractivity contribution in [1.29, 1.82) is 0 Å². The molecule has 3 nitrogen and oxygen atoms in total. The summed E-state index contributed by atoms with van der Waals surface area (Å²) in [5.41, 5.74) is 2.40. The molecule has 1 aromatic heterocycles. The van der Waals surface area contributed by atoms with Crippen molar-refractivity contribution in [2.75, 3.05) is 0 Å². The quantitative estimate of drug-likeness (QED) is 0.830. The first-order chi connectivity index (χ1) is 7.59. The van der Waals surface area contributed by atoms with Gasteiger partial charge in [-0.15, -0.1) is 0 Å². The molecule has 1 fully saturated rings. The molecular formula is C13H19NO2. The SMILES string of the molecule is Cc1cc(C(=O)O)c(C)n1CCCC1CC1. The Morgan fingerprint density at radius 2 is 2.19 bits per heavy atom. The number of aromatic nitrogens is 1. The summed E-state index contributed by atoms with van der Waals surface area (Å²) in [6.45, 7) is 4.84. The fourth-order valence-electron chi connectivity index (χ4n) is 2.31. The number of carboxylic acids is 1. The Morgan fingerprint density at radius 3 is 2.69 bits per heavy atom. The molecule has 1 N–H and O–H groups in total. The van der Waals surface area contributed by atoms with E-state index in [1.54, 1.807) is 6.07 Å². The van der Waals surface area contributed by atoms with Gasteiger partial charge in [0.15, 0.2) is 0 Å². The van der Waals surface area contributed by atoms with Crippen LogP contribution in [0.2, 0.25) is 0 Å². The number of nitrogens with zero attached hydrogens (tertiary/aromatic N) is 1. The summed E-state index contributed by atoms with van der Waals surface area (Å²) < 4.78 is 2.13. The third kappa shape index (κ3) is 2.29. The first-order valence-corrected chi connectivity index (χ1v) is 5.99. The summed E-state index contributed by atoms with van der Waals surface area (Å²) in [5.74, 6) is 0.136. The van der Waals surface area contributed by atoms with Gasteiger partial charge in [-0.3, -0.25) is 0 Å². The van der Waals surface area contributed by atoms with E-state index in [1.165, 1.54) is 25.7 Å². The van der Waals surface area contributed by atoms with Gasteiger partial charge < -0.3 is 9.67 Å². The van der Waals surface area contributed by atoms with Crippen LogP contribution in [-0.4, -0.2) is 15.6 Å². The number of carboxylic acid groups (broad SMARTS) is 1. The molecule has 2 rings (SSSR count). The Morgan fingerprint density at radius 1 is 1.50 bits per heavy atom. The van der Waals surface area contributed by atoms with Gasteiger partial charge in [-0.1, -0.05) is 12.8 Å². The molecule has 0 unspecified atom stereocenters. The molecule has 0 aliphatic heterocycles. The van der Waals surface area contributed by atoms with Crippen molar-refractivity contribution >= 4 is 5.97 Å². The predicted octanol–water partition coefficient (Wildman–Crippen LogP) is 2.99. The van der Waals surface area contributed by atoms with E-state index in [1.807, 2.05) is 13.8 Å². The van der Waals surface area contributed by atoms with Gasteiger partial charge >= 0.3 is 5.97 Å². The van der Waals surface area contributed by atoms with E-state index in [4.69, 9.17) is 5.11 Å². The molecule has 1 heterocycles. The summed E-state index contributed by atoms with van der Waals surface area (Å²) in [5, 5.41) is 9.01. The topological polar surface area (TPSA) is 42.2 Å². The minimum atomic E-state index is -0.818. The van der Waals surface area contributed by atoms with Crippen LogP contribution in [0.15, 0.2) is 6.07 Å². The Labute approximate surface area is 96.1 Å². The number of aromatic carboxylic acids is 1. The van der Waals surface area contributed by atoms with Crippen LogP contribution in [0.25, 0.3) is 0 Å². The standard InChI is InChI=1S/C13H19NO2/c1-9-8-12(13(15)16)10(2)14(9)7-3-4-11-5-6-11/h8,11H,3-7H2,1-2H3,(H,15,16). The molecule has 1 aromatic rings. The van der Waals surface area contributed by atoms with Crippen molar-refractivity contribution in [2.24, 2.45) is 5.92 Å². The highest BCUT2D eigenvalue weighted by Crippen LogP contribution is 2.33. The highest BCUT2D eigenvalue weighted by atomic mass is 16.4. The first kappa shape index (κ1) is 11.2. The summed E-state index contributed by atoms with van der Waals surface area (Å²) in [7, 11) is 0. The molecule has 0 bridgehead atoms. The van der Waals surface area contributed by atoms with Gasteiger partial charge in [0.05, 0.1) is 5.56 Å². The fraction of sp³-hybridized carbons (Fsp3) is 0.615. The highest BCUT2D eigenvalue weighted by molar-refractivity contribution is 5.89. The Bertz CT molecular complexity index is 402. The minimum absolute atomic E-state index is 0.448. The van der Waals surface area contributed by atoms with Crippen LogP contribution in [-0.2, 0) is 6.54 Å². The molecule has 0 spiro atoms. The van der Waals surface area contributed by atoms with Gasteiger partial charge in [0, 0.05) is 17.9 Å².